The van der Waals surface area contributed by atoms with Crippen LogP contribution in [0.25, 0.3) is 17.0 Å². The summed E-state index contributed by atoms with van der Waals surface area (Å²) in [6, 6.07) is 10.4. The molecule has 3 aromatic heterocycles. The van der Waals surface area contributed by atoms with Crippen molar-refractivity contribution in [1.29, 1.82) is 0 Å². The normalized spacial score (nSPS) is 11.2. The Morgan fingerprint density at radius 2 is 2.00 bits per heavy atom. The number of aryl methyl sites for hydroxylation is 1. The Balaban J connectivity index is 1.86. The molecule has 0 unspecified atom stereocenters. The number of rotatable bonds is 3. The minimum atomic E-state index is -0.253. The van der Waals surface area contributed by atoms with Gasteiger partial charge in [-0.15, -0.1) is 0 Å². The molecule has 0 spiro atoms. The quantitative estimate of drug-likeness (QED) is 0.631. The van der Waals surface area contributed by atoms with Gasteiger partial charge in [-0.3, -0.25) is 5.10 Å². The zero-order chi connectivity index (χ0) is 15.8. The van der Waals surface area contributed by atoms with Crippen LogP contribution in [-0.4, -0.2) is 29.8 Å². The molecular formula is C16H13FN6. The zero-order valence-electron chi connectivity index (χ0n) is 12.4. The molecule has 0 aliphatic rings. The van der Waals surface area contributed by atoms with Gasteiger partial charge in [-0.1, -0.05) is 18.2 Å². The molecule has 0 aliphatic heterocycles. The van der Waals surface area contributed by atoms with E-state index in [9.17, 15) is 4.39 Å². The first-order valence-electron chi connectivity index (χ1n) is 7.18. The van der Waals surface area contributed by atoms with Crippen molar-refractivity contribution < 1.29 is 4.39 Å². The van der Waals surface area contributed by atoms with Crippen molar-refractivity contribution >= 4 is 5.52 Å². The van der Waals surface area contributed by atoms with Crippen molar-refractivity contribution in [3.63, 3.8) is 0 Å². The molecule has 4 aromatic rings. The van der Waals surface area contributed by atoms with Crippen molar-refractivity contribution in [1.82, 2.24) is 29.8 Å². The van der Waals surface area contributed by atoms with E-state index >= 15 is 0 Å². The largest absolute Gasteiger partial charge is 0.258 e. The summed E-state index contributed by atoms with van der Waals surface area (Å²) in [5.74, 6) is 1.61. The molecule has 114 valence electrons. The summed E-state index contributed by atoms with van der Waals surface area (Å²) < 4.78 is 15.6. The summed E-state index contributed by atoms with van der Waals surface area (Å²) in [5, 5.41) is 11.2. The van der Waals surface area contributed by atoms with Gasteiger partial charge in [-0.05, 0) is 30.7 Å². The summed E-state index contributed by atoms with van der Waals surface area (Å²) >= 11 is 0. The van der Waals surface area contributed by atoms with Crippen LogP contribution in [0.15, 0.2) is 42.6 Å². The number of halogens is 1. The number of imidazole rings is 1. The lowest BCUT2D eigenvalue weighted by Gasteiger charge is -2.01. The van der Waals surface area contributed by atoms with Crippen LogP contribution in [-0.2, 0) is 6.42 Å². The Morgan fingerprint density at radius 3 is 2.78 bits per heavy atom. The molecule has 4 rings (SSSR count). The molecular weight excluding hydrogens is 295 g/mol. The predicted octanol–water partition coefficient (Wildman–Crippen LogP) is 2.55. The highest BCUT2D eigenvalue weighted by Crippen LogP contribution is 2.23. The number of aromatic nitrogens is 6. The van der Waals surface area contributed by atoms with Gasteiger partial charge in [0.05, 0.1) is 5.52 Å². The van der Waals surface area contributed by atoms with Gasteiger partial charge in [0.25, 0.3) is 0 Å². The van der Waals surface area contributed by atoms with Crippen molar-refractivity contribution in [3.05, 3.63) is 65.6 Å². The van der Waals surface area contributed by atoms with E-state index in [2.05, 4.69) is 25.3 Å². The van der Waals surface area contributed by atoms with E-state index in [0.29, 0.717) is 35.2 Å². The van der Waals surface area contributed by atoms with E-state index in [-0.39, 0.29) is 5.82 Å². The molecule has 1 N–H and O–H groups in total. The number of H-pyrrole nitrogens is 1. The van der Waals surface area contributed by atoms with Gasteiger partial charge in [0, 0.05) is 12.6 Å². The number of aromatic amines is 1. The van der Waals surface area contributed by atoms with Crippen molar-refractivity contribution in [3.8, 4) is 11.5 Å². The van der Waals surface area contributed by atoms with Crippen LogP contribution in [0, 0.1) is 12.7 Å². The first-order valence-corrected chi connectivity index (χ1v) is 7.18. The molecule has 0 atom stereocenters. The average Bonchev–Trinajstić information content (AvgIpc) is 3.14. The highest BCUT2D eigenvalue weighted by molar-refractivity contribution is 5.72. The monoisotopic (exact) mass is 308 g/mol. The van der Waals surface area contributed by atoms with E-state index in [1.165, 1.54) is 6.07 Å². The minimum absolute atomic E-state index is 0.253. The first kappa shape index (κ1) is 13.6. The average molecular weight is 308 g/mol. The Kier molecular flexibility index (Phi) is 3.11. The van der Waals surface area contributed by atoms with Crippen LogP contribution in [0.4, 0.5) is 4.39 Å². The van der Waals surface area contributed by atoms with Crippen molar-refractivity contribution in [2.75, 3.05) is 0 Å². The smallest absolute Gasteiger partial charge is 0.176 e. The molecule has 0 amide bonds. The number of hydrogen-bond acceptors (Lipinski definition) is 4. The fourth-order valence-corrected chi connectivity index (χ4v) is 2.54. The van der Waals surface area contributed by atoms with Gasteiger partial charge in [0.1, 0.15) is 23.2 Å². The molecule has 0 bridgehead atoms. The van der Waals surface area contributed by atoms with Gasteiger partial charge in [0.2, 0.25) is 0 Å². The summed E-state index contributed by atoms with van der Waals surface area (Å²) in [4.78, 5) is 8.93. The number of nitrogens with zero attached hydrogens (tertiary/aromatic N) is 5. The SMILES string of the molecule is Cc1n[nH]c(-c2nc(Cc3ccccc3F)n3ncccc23)n1. The molecule has 6 nitrogen and oxygen atoms in total. The van der Waals surface area contributed by atoms with E-state index in [1.54, 1.807) is 29.8 Å². The summed E-state index contributed by atoms with van der Waals surface area (Å²) in [6.45, 7) is 1.80. The molecule has 7 heteroatoms. The topological polar surface area (TPSA) is 71.8 Å². The molecule has 1 aromatic carbocycles. The zero-order valence-corrected chi connectivity index (χ0v) is 12.4. The van der Waals surface area contributed by atoms with Gasteiger partial charge in [-0.25, -0.2) is 18.9 Å². The lowest BCUT2D eigenvalue weighted by atomic mass is 10.1. The van der Waals surface area contributed by atoms with Crippen LogP contribution >= 0.6 is 0 Å². The van der Waals surface area contributed by atoms with Crippen LogP contribution in [0.5, 0.6) is 0 Å². The summed E-state index contributed by atoms with van der Waals surface area (Å²) in [5.41, 5.74) is 2.03. The van der Waals surface area contributed by atoms with Crippen molar-refractivity contribution in [2.24, 2.45) is 0 Å². The molecule has 3 heterocycles. The molecule has 0 fully saturated rings. The molecule has 0 aliphatic carbocycles. The number of fused-ring (bicyclic) bond motifs is 1. The first-order chi connectivity index (χ1) is 11.2. The third-order valence-corrected chi connectivity index (χ3v) is 3.61. The number of benzene rings is 1. The van der Waals surface area contributed by atoms with Crippen LogP contribution in [0.3, 0.4) is 0 Å². The summed E-state index contributed by atoms with van der Waals surface area (Å²) in [7, 11) is 0. The van der Waals surface area contributed by atoms with Crippen molar-refractivity contribution in [2.45, 2.75) is 13.3 Å². The van der Waals surface area contributed by atoms with Gasteiger partial charge < -0.3 is 0 Å². The Bertz CT molecular complexity index is 987. The maximum atomic E-state index is 13.9. The second-order valence-electron chi connectivity index (χ2n) is 5.20. The number of nitrogens with one attached hydrogen (secondary N) is 1. The fraction of sp³-hybridized carbons (Fsp3) is 0.125. The summed E-state index contributed by atoms with van der Waals surface area (Å²) in [6.07, 6.45) is 2.02. The van der Waals surface area contributed by atoms with E-state index in [1.807, 2.05) is 18.2 Å². The van der Waals surface area contributed by atoms with Gasteiger partial charge in [0.15, 0.2) is 5.82 Å². The molecule has 23 heavy (non-hydrogen) atoms. The third-order valence-electron chi connectivity index (χ3n) is 3.61. The maximum absolute atomic E-state index is 13.9. The molecule has 0 radical (unpaired) electrons. The highest BCUT2D eigenvalue weighted by Gasteiger charge is 2.17. The predicted molar refractivity (Wildman–Crippen MR) is 82.3 cm³/mol. The fourth-order valence-electron chi connectivity index (χ4n) is 2.54. The Hall–Kier alpha value is -3.09. The Labute approximate surface area is 131 Å². The second-order valence-corrected chi connectivity index (χ2v) is 5.20. The lowest BCUT2D eigenvalue weighted by Crippen LogP contribution is -2.00. The second kappa shape index (κ2) is 5.28. The third kappa shape index (κ3) is 2.36. The van der Waals surface area contributed by atoms with Crippen LogP contribution < -0.4 is 0 Å². The minimum Gasteiger partial charge on any atom is -0.258 e. The van der Waals surface area contributed by atoms with Crippen LogP contribution in [0.2, 0.25) is 0 Å². The van der Waals surface area contributed by atoms with Crippen LogP contribution in [0.1, 0.15) is 17.2 Å². The number of hydrogen-bond donors (Lipinski definition) is 1. The maximum Gasteiger partial charge on any atom is 0.176 e. The van der Waals surface area contributed by atoms with Gasteiger partial charge >= 0.3 is 0 Å². The molecule has 0 saturated carbocycles. The highest BCUT2D eigenvalue weighted by atomic mass is 19.1. The van der Waals surface area contributed by atoms with E-state index in [4.69, 9.17) is 0 Å². The standard InChI is InChI=1S/C16H13FN6/c1-10-19-16(22-21-10)15-13-7-4-8-18-23(13)14(20-15)9-11-5-2-3-6-12(11)17/h2-8H,9H2,1H3,(H,19,21,22). The lowest BCUT2D eigenvalue weighted by molar-refractivity contribution is 0.611. The van der Waals surface area contributed by atoms with Gasteiger partial charge in [-0.2, -0.15) is 10.2 Å². The van der Waals surface area contributed by atoms with E-state index in [0.717, 1.165) is 5.52 Å². The van der Waals surface area contributed by atoms with E-state index < -0.39 is 0 Å². The molecule has 0 saturated heterocycles. The Morgan fingerprint density at radius 1 is 1.13 bits per heavy atom.